The van der Waals surface area contributed by atoms with Crippen LogP contribution in [0.4, 0.5) is 4.39 Å². The van der Waals surface area contributed by atoms with Gasteiger partial charge in [-0.15, -0.1) is 0 Å². The standard InChI is InChI=1S/C19H25FN2O3/c1-3-16(19(23)24)22-17-6-4-12(20)10-14(17)15-11-13(5-7-18(15)22)21-8-9-25-2/h4,6,10,13,16,21H,3,5,7-9,11H2,1-2H3,(H,23,24)/t13-,16?/m0/s1. The first-order valence-electron chi connectivity index (χ1n) is 8.83. The minimum Gasteiger partial charge on any atom is -0.480 e. The Hall–Kier alpha value is -1.92. The van der Waals surface area contributed by atoms with Crippen molar-refractivity contribution >= 4 is 16.9 Å². The van der Waals surface area contributed by atoms with E-state index in [4.69, 9.17) is 4.74 Å². The Morgan fingerprint density at radius 1 is 1.52 bits per heavy atom. The van der Waals surface area contributed by atoms with Crippen molar-refractivity contribution in [2.24, 2.45) is 0 Å². The molecule has 2 N–H and O–H groups in total. The number of benzene rings is 1. The highest BCUT2D eigenvalue weighted by Gasteiger charge is 2.30. The highest BCUT2D eigenvalue weighted by atomic mass is 19.1. The molecule has 0 radical (unpaired) electrons. The average Bonchev–Trinajstić information content (AvgIpc) is 2.89. The number of carboxylic acids is 1. The van der Waals surface area contributed by atoms with Gasteiger partial charge in [-0.1, -0.05) is 6.92 Å². The third kappa shape index (κ3) is 3.41. The molecule has 1 aliphatic rings. The van der Waals surface area contributed by atoms with Crippen LogP contribution in [0.3, 0.4) is 0 Å². The Kier molecular flexibility index (Phi) is 5.39. The molecular formula is C19H25FN2O3. The molecule has 1 unspecified atom stereocenters. The summed E-state index contributed by atoms with van der Waals surface area (Å²) in [4.78, 5) is 11.7. The maximum atomic E-state index is 13.8. The predicted molar refractivity (Wildman–Crippen MR) is 94.6 cm³/mol. The largest absolute Gasteiger partial charge is 0.480 e. The number of rotatable bonds is 7. The number of methoxy groups -OCH3 is 1. The fourth-order valence-corrected chi connectivity index (χ4v) is 3.93. The molecule has 0 bridgehead atoms. The van der Waals surface area contributed by atoms with Gasteiger partial charge >= 0.3 is 5.97 Å². The average molecular weight is 348 g/mol. The zero-order valence-corrected chi connectivity index (χ0v) is 14.7. The Balaban J connectivity index is 2.04. The van der Waals surface area contributed by atoms with Crippen LogP contribution in [0.15, 0.2) is 18.2 Å². The second-order valence-corrected chi connectivity index (χ2v) is 6.61. The minimum absolute atomic E-state index is 0.287. The van der Waals surface area contributed by atoms with Crippen LogP contribution in [0, 0.1) is 5.82 Å². The number of nitrogens with zero attached hydrogens (tertiary/aromatic N) is 1. The number of halogens is 1. The molecule has 3 rings (SSSR count). The molecule has 1 aliphatic carbocycles. The number of hydrogen-bond donors (Lipinski definition) is 2. The molecule has 5 nitrogen and oxygen atoms in total. The lowest BCUT2D eigenvalue weighted by atomic mass is 9.91. The number of nitrogens with one attached hydrogen (secondary N) is 1. The summed E-state index contributed by atoms with van der Waals surface area (Å²) < 4.78 is 20.8. The van der Waals surface area contributed by atoms with Crippen LogP contribution >= 0.6 is 0 Å². The normalized spacial score (nSPS) is 18.3. The van der Waals surface area contributed by atoms with E-state index in [9.17, 15) is 14.3 Å². The van der Waals surface area contributed by atoms with Crippen molar-refractivity contribution in [2.45, 2.75) is 44.7 Å². The van der Waals surface area contributed by atoms with Crippen molar-refractivity contribution in [1.82, 2.24) is 9.88 Å². The van der Waals surface area contributed by atoms with Crippen LogP contribution in [-0.2, 0) is 22.4 Å². The van der Waals surface area contributed by atoms with Crippen molar-refractivity contribution in [2.75, 3.05) is 20.3 Å². The molecule has 0 saturated carbocycles. The topological polar surface area (TPSA) is 63.5 Å². The van der Waals surface area contributed by atoms with Crippen molar-refractivity contribution in [1.29, 1.82) is 0 Å². The summed E-state index contributed by atoms with van der Waals surface area (Å²) in [6.07, 6.45) is 3.01. The summed E-state index contributed by atoms with van der Waals surface area (Å²) in [5.74, 6) is -1.13. The number of aromatic nitrogens is 1. The van der Waals surface area contributed by atoms with Crippen molar-refractivity contribution in [3.8, 4) is 0 Å². The molecular weight excluding hydrogens is 323 g/mol. The third-order valence-corrected chi connectivity index (χ3v) is 5.09. The van der Waals surface area contributed by atoms with Crippen LogP contribution in [0.1, 0.15) is 37.1 Å². The van der Waals surface area contributed by atoms with E-state index in [1.807, 2.05) is 11.5 Å². The van der Waals surface area contributed by atoms with E-state index < -0.39 is 12.0 Å². The molecule has 0 fully saturated rings. The second kappa shape index (κ2) is 7.54. The first-order valence-corrected chi connectivity index (χ1v) is 8.83. The molecule has 136 valence electrons. The fourth-order valence-electron chi connectivity index (χ4n) is 3.93. The molecule has 1 aromatic heterocycles. The van der Waals surface area contributed by atoms with Gasteiger partial charge in [0.1, 0.15) is 11.9 Å². The van der Waals surface area contributed by atoms with Gasteiger partial charge in [-0.2, -0.15) is 0 Å². The lowest BCUT2D eigenvalue weighted by Gasteiger charge is -2.26. The second-order valence-electron chi connectivity index (χ2n) is 6.61. The maximum absolute atomic E-state index is 13.8. The van der Waals surface area contributed by atoms with Gasteiger partial charge in [-0.3, -0.25) is 0 Å². The zero-order valence-electron chi connectivity index (χ0n) is 14.7. The summed E-state index contributed by atoms with van der Waals surface area (Å²) in [5.41, 5.74) is 2.94. The Morgan fingerprint density at radius 3 is 3.00 bits per heavy atom. The Morgan fingerprint density at radius 2 is 2.32 bits per heavy atom. The van der Waals surface area contributed by atoms with Crippen LogP contribution in [0.2, 0.25) is 0 Å². The highest BCUT2D eigenvalue weighted by Crippen LogP contribution is 2.36. The van der Waals surface area contributed by atoms with Crippen molar-refractivity contribution < 1.29 is 19.0 Å². The van der Waals surface area contributed by atoms with E-state index in [-0.39, 0.29) is 5.82 Å². The number of hydrogen-bond acceptors (Lipinski definition) is 3. The minimum atomic E-state index is -0.841. The van der Waals surface area contributed by atoms with E-state index >= 15 is 0 Å². The molecule has 2 aromatic rings. The number of carboxylic acid groups (broad SMARTS) is 1. The van der Waals surface area contributed by atoms with Gasteiger partial charge < -0.3 is 19.7 Å². The Labute approximate surface area is 146 Å². The SMILES string of the molecule is CCC(C(=O)O)n1c2c(c3cc(F)ccc31)C[C@@H](NCCOC)CC2. The summed E-state index contributed by atoms with van der Waals surface area (Å²) >= 11 is 0. The van der Waals surface area contributed by atoms with E-state index in [2.05, 4.69) is 5.32 Å². The molecule has 25 heavy (non-hydrogen) atoms. The molecule has 0 saturated heterocycles. The fraction of sp³-hybridized carbons (Fsp3) is 0.526. The maximum Gasteiger partial charge on any atom is 0.326 e. The predicted octanol–water partition coefficient (Wildman–Crippen LogP) is 2.91. The molecule has 0 spiro atoms. The van der Waals surface area contributed by atoms with Crippen LogP contribution < -0.4 is 5.32 Å². The Bertz CT molecular complexity index is 772. The molecule has 0 aliphatic heterocycles. The first-order chi connectivity index (χ1) is 12.1. The lowest BCUT2D eigenvalue weighted by molar-refractivity contribution is -0.140. The van der Waals surface area contributed by atoms with E-state index in [1.165, 1.54) is 12.1 Å². The van der Waals surface area contributed by atoms with Gasteiger partial charge in [0, 0.05) is 36.3 Å². The van der Waals surface area contributed by atoms with Gasteiger partial charge in [0.25, 0.3) is 0 Å². The van der Waals surface area contributed by atoms with E-state index in [0.717, 1.165) is 48.0 Å². The number of carbonyl (C=O) groups is 1. The molecule has 1 heterocycles. The highest BCUT2D eigenvalue weighted by molar-refractivity contribution is 5.88. The van der Waals surface area contributed by atoms with Crippen molar-refractivity contribution in [3.05, 3.63) is 35.3 Å². The molecule has 0 amide bonds. The monoisotopic (exact) mass is 348 g/mol. The molecule has 2 atom stereocenters. The number of aliphatic carboxylic acids is 1. The molecule has 1 aromatic carbocycles. The third-order valence-electron chi connectivity index (χ3n) is 5.09. The van der Waals surface area contributed by atoms with Crippen LogP contribution in [0.5, 0.6) is 0 Å². The zero-order chi connectivity index (χ0) is 18.0. The quantitative estimate of drug-likeness (QED) is 0.755. The van der Waals surface area contributed by atoms with Gasteiger partial charge in [0.15, 0.2) is 0 Å². The van der Waals surface area contributed by atoms with Gasteiger partial charge in [-0.25, -0.2) is 9.18 Å². The smallest absolute Gasteiger partial charge is 0.326 e. The van der Waals surface area contributed by atoms with Crippen LogP contribution in [-0.4, -0.2) is 41.9 Å². The number of fused-ring (bicyclic) bond motifs is 3. The van der Waals surface area contributed by atoms with Gasteiger partial charge in [-0.05, 0) is 49.4 Å². The van der Waals surface area contributed by atoms with Gasteiger partial charge in [0.05, 0.1) is 6.61 Å². The van der Waals surface area contributed by atoms with Crippen LogP contribution in [0.25, 0.3) is 10.9 Å². The number of ether oxygens (including phenoxy) is 1. The summed E-state index contributed by atoms with van der Waals surface area (Å²) in [6.45, 7) is 3.30. The van der Waals surface area contributed by atoms with Crippen molar-refractivity contribution in [3.63, 3.8) is 0 Å². The first kappa shape index (κ1) is 17.9. The van der Waals surface area contributed by atoms with E-state index in [0.29, 0.717) is 19.1 Å². The van der Waals surface area contributed by atoms with E-state index in [1.54, 1.807) is 13.2 Å². The summed E-state index contributed by atoms with van der Waals surface area (Å²) in [7, 11) is 1.67. The summed E-state index contributed by atoms with van der Waals surface area (Å²) in [5, 5.41) is 13.9. The van der Waals surface area contributed by atoms with Gasteiger partial charge in [0.2, 0.25) is 0 Å². The lowest BCUT2D eigenvalue weighted by Crippen LogP contribution is -2.37. The molecule has 6 heteroatoms. The summed E-state index contributed by atoms with van der Waals surface area (Å²) in [6, 6.07) is 4.34.